The Hall–Kier alpha value is -2.02. The Morgan fingerprint density at radius 1 is 1.40 bits per heavy atom. The summed E-state index contributed by atoms with van der Waals surface area (Å²) in [6, 6.07) is 9.12. The minimum Gasteiger partial charge on any atom is -0.363 e. The highest BCUT2D eigenvalue weighted by atomic mass is 16.2. The summed E-state index contributed by atoms with van der Waals surface area (Å²) in [5.74, 6) is 0.589. The lowest BCUT2D eigenvalue weighted by molar-refractivity contribution is -0.122. The van der Waals surface area contributed by atoms with Gasteiger partial charge in [0.15, 0.2) is 0 Å². The molecule has 1 amide bonds. The molecule has 0 bridgehead atoms. The fourth-order valence-electron chi connectivity index (χ4n) is 1.83. The second-order valence-electron chi connectivity index (χ2n) is 5.42. The molecule has 1 aromatic rings. The summed E-state index contributed by atoms with van der Waals surface area (Å²) in [6.45, 7) is 6.83. The van der Waals surface area contributed by atoms with E-state index in [1.54, 1.807) is 12.1 Å². The summed E-state index contributed by atoms with van der Waals surface area (Å²) in [7, 11) is 1.86. The molecule has 1 N–H and O–H groups in total. The van der Waals surface area contributed by atoms with Crippen LogP contribution < -0.4 is 10.2 Å². The van der Waals surface area contributed by atoms with E-state index in [0.29, 0.717) is 18.0 Å². The largest absolute Gasteiger partial charge is 0.363 e. The quantitative estimate of drug-likeness (QED) is 0.866. The van der Waals surface area contributed by atoms with E-state index in [2.05, 4.69) is 25.2 Å². The molecule has 0 saturated carbocycles. The summed E-state index contributed by atoms with van der Waals surface area (Å²) in [6.07, 6.45) is 0.978. The molecule has 0 aliphatic heterocycles. The van der Waals surface area contributed by atoms with Crippen molar-refractivity contribution in [2.75, 3.05) is 18.5 Å². The number of rotatable bonds is 6. The van der Waals surface area contributed by atoms with Gasteiger partial charge in [0.1, 0.15) is 6.04 Å². The van der Waals surface area contributed by atoms with E-state index in [1.807, 2.05) is 31.0 Å². The van der Waals surface area contributed by atoms with Crippen molar-refractivity contribution in [3.63, 3.8) is 0 Å². The summed E-state index contributed by atoms with van der Waals surface area (Å²) < 4.78 is 0. The molecule has 20 heavy (non-hydrogen) atoms. The fourth-order valence-corrected chi connectivity index (χ4v) is 1.83. The van der Waals surface area contributed by atoms with Gasteiger partial charge in [0, 0.05) is 19.3 Å². The average Bonchev–Trinajstić information content (AvgIpc) is 2.45. The number of nitrogens with one attached hydrogen (secondary N) is 1. The lowest BCUT2D eigenvalue weighted by Gasteiger charge is -2.26. The van der Waals surface area contributed by atoms with E-state index in [9.17, 15) is 4.79 Å². The highest BCUT2D eigenvalue weighted by molar-refractivity contribution is 5.84. The van der Waals surface area contributed by atoms with Crippen molar-refractivity contribution in [2.45, 2.75) is 33.2 Å². The Morgan fingerprint density at radius 2 is 2.10 bits per heavy atom. The predicted octanol–water partition coefficient (Wildman–Crippen LogP) is 2.55. The summed E-state index contributed by atoms with van der Waals surface area (Å²) in [5.41, 5.74) is 1.47. The molecular weight excluding hydrogens is 250 g/mol. The van der Waals surface area contributed by atoms with Crippen LogP contribution in [-0.4, -0.2) is 25.5 Å². The van der Waals surface area contributed by atoms with E-state index in [1.165, 1.54) is 0 Å². The molecule has 0 heterocycles. The molecule has 0 aliphatic rings. The van der Waals surface area contributed by atoms with Crippen LogP contribution in [0, 0.1) is 17.2 Å². The third kappa shape index (κ3) is 4.58. The maximum Gasteiger partial charge on any atom is 0.242 e. The van der Waals surface area contributed by atoms with Crippen molar-refractivity contribution in [3.8, 4) is 6.07 Å². The molecule has 1 atom stereocenters. The number of hydrogen-bond acceptors (Lipinski definition) is 3. The molecule has 0 aromatic heterocycles. The number of anilines is 1. The van der Waals surface area contributed by atoms with Gasteiger partial charge in [-0.2, -0.15) is 5.26 Å². The predicted molar refractivity (Wildman–Crippen MR) is 81.5 cm³/mol. The van der Waals surface area contributed by atoms with Crippen molar-refractivity contribution in [1.29, 1.82) is 5.26 Å². The molecule has 0 radical (unpaired) electrons. The van der Waals surface area contributed by atoms with Gasteiger partial charge in [0.25, 0.3) is 0 Å². The van der Waals surface area contributed by atoms with Crippen LogP contribution >= 0.6 is 0 Å². The Balaban J connectivity index is 2.63. The zero-order valence-corrected chi connectivity index (χ0v) is 12.7. The molecule has 0 spiro atoms. The van der Waals surface area contributed by atoms with E-state index in [-0.39, 0.29) is 11.9 Å². The minimum absolute atomic E-state index is 0.00973. The molecule has 1 unspecified atom stereocenters. The number of nitriles is 1. The van der Waals surface area contributed by atoms with Crippen LogP contribution in [0.25, 0.3) is 0 Å². The van der Waals surface area contributed by atoms with Crippen molar-refractivity contribution in [3.05, 3.63) is 29.8 Å². The van der Waals surface area contributed by atoms with Crippen LogP contribution in [0.3, 0.4) is 0 Å². The molecule has 4 nitrogen and oxygen atoms in total. The molecular formula is C16H23N3O. The molecule has 108 valence electrons. The van der Waals surface area contributed by atoms with Gasteiger partial charge in [0.05, 0.1) is 11.6 Å². The molecule has 1 aromatic carbocycles. The Labute approximate surface area is 121 Å². The molecule has 4 heteroatoms. The third-order valence-electron chi connectivity index (χ3n) is 3.36. The Kier molecular flexibility index (Phi) is 6.05. The van der Waals surface area contributed by atoms with E-state index >= 15 is 0 Å². The van der Waals surface area contributed by atoms with E-state index < -0.39 is 0 Å². The van der Waals surface area contributed by atoms with Gasteiger partial charge in [-0.25, -0.2) is 0 Å². The SMILES string of the molecule is CC(C)CCNC(=O)C(C)N(C)c1cccc(C#N)c1. The van der Waals surface area contributed by atoms with Gasteiger partial charge in [-0.1, -0.05) is 19.9 Å². The standard InChI is InChI=1S/C16H23N3O/c1-12(2)8-9-18-16(20)13(3)19(4)15-7-5-6-14(10-15)11-17/h5-7,10,12-13H,8-9H2,1-4H3,(H,18,20). The van der Waals surface area contributed by atoms with Crippen LogP contribution in [0.5, 0.6) is 0 Å². The number of nitrogens with zero attached hydrogens (tertiary/aromatic N) is 2. The molecule has 1 rings (SSSR count). The second-order valence-corrected chi connectivity index (χ2v) is 5.42. The molecule has 0 saturated heterocycles. The number of hydrogen-bond donors (Lipinski definition) is 1. The van der Waals surface area contributed by atoms with Crippen LogP contribution in [0.1, 0.15) is 32.8 Å². The van der Waals surface area contributed by atoms with Gasteiger partial charge in [-0.05, 0) is 37.5 Å². The van der Waals surface area contributed by atoms with Crippen molar-refractivity contribution >= 4 is 11.6 Å². The number of carbonyl (C=O) groups excluding carboxylic acids is 1. The molecule has 0 aliphatic carbocycles. The lowest BCUT2D eigenvalue weighted by atomic mass is 10.1. The van der Waals surface area contributed by atoms with Crippen LogP contribution in [-0.2, 0) is 4.79 Å². The first-order chi connectivity index (χ1) is 9.45. The first-order valence-electron chi connectivity index (χ1n) is 6.96. The van der Waals surface area contributed by atoms with Gasteiger partial charge in [0.2, 0.25) is 5.91 Å². The lowest BCUT2D eigenvalue weighted by Crippen LogP contribution is -2.43. The first-order valence-corrected chi connectivity index (χ1v) is 6.96. The number of benzene rings is 1. The van der Waals surface area contributed by atoms with Gasteiger partial charge < -0.3 is 10.2 Å². The van der Waals surface area contributed by atoms with Crippen LogP contribution in [0.4, 0.5) is 5.69 Å². The van der Waals surface area contributed by atoms with E-state index in [0.717, 1.165) is 12.1 Å². The highest BCUT2D eigenvalue weighted by Gasteiger charge is 2.18. The first kappa shape index (κ1) is 16.0. The number of carbonyl (C=O) groups is 1. The van der Waals surface area contributed by atoms with Crippen molar-refractivity contribution < 1.29 is 4.79 Å². The van der Waals surface area contributed by atoms with Crippen LogP contribution in [0.2, 0.25) is 0 Å². The topological polar surface area (TPSA) is 56.1 Å². The van der Waals surface area contributed by atoms with Gasteiger partial charge in [-0.15, -0.1) is 0 Å². The maximum absolute atomic E-state index is 12.1. The molecule has 0 fully saturated rings. The second kappa shape index (κ2) is 7.54. The highest BCUT2D eigenvalue weighted by Crippen LogP contribution is 2.16. The minimum atomic E-state index is -0.267. The summed E-state index contributed by atoms with van der Waals surface area (Å²) >= 11 is 0. The summed E-state index contributed by atoms with van der Waals surface area (Å²) in [4.78, 5) is 14.0. The zero-order chi connectivity index (χ0) is 15.1. The van der Waals surface area contributed by atoms with E-state index in [4.69, 9.17) is 5.26 Å². The smallest absolute Gasteiger partial charge is 0.242 e. The normalized spacial score (nSPS) is 11.8. The Morgan fingerprint density at radius 3 is 2.70 bits per heavy atom. The summed E-state index contributed by atoms with van der Waals surface area (Å²) in [5, 5.41) is 11.9. The van der Waals surface area contributed by atoms with Crippen molar-refractivity contribution in [2.24, 2.45) is 5.92 Å². The third-order valence-corrected chi connectivity index (χ3v) is 3.36. The number of amides is 1. The van der Waals surface area contributed by atoms with Crippen molar-refractivity contribution in [1.82, 2.24) is 5.32 Å². The maximum atomic E-state index is 12.1. The van der Waals surface area contributed by atoms with Gasteiger partial charge >= 0.3 is 0 Å². The number of likely N-dealkylation sites (N-methyl/N-ethyl adjacent to an activating group) is 1. The Bertz CT molecular complexity index is 491. The average molecular weight is 273 g/mol. The monoisotopic (exact) mass is 273 g/mol. The van der Waals surface area contributed by atoms with Crippen LogP contribution in [0.15, 0.2) is 24.3 Å². The zero-order valence-electron chi connectivity index (χ0n) is 12.7. The van der Waals surface area contributed by atoms with Gasteiger partial charge in [-0.3, -0.25) is 4.79 Å². The fraction of sp³-hybridized carbons (Fsp3) is 0.500.